The van der Waals surface area contributed by atoms with Gasteiger partial charge < -0.3 is 15.1 Å². The van der Waals surface area contributed by atoms with Gasteiger partial charge in [-0.1, -0.05) is 18.2 Å². The maximum atomic E-state index is 12.1. The molecule has 1 aliphatic heterocycles. The van der Waals surface area contributed by atoms with E-state index >= 15 is 0 Å². The van der Waals surface area contributed by atoms with Gasteiger partial charge in [0.1, 0.15) is 6.04 Å². The van der Waals surface area contributed by atoms with E-state index in [0.29, 0.717) is 0 Å². The van der Waals surface area contributed by atoms with E-state index in [-0.39, 0.29) is 24.4 Å². The molecule has 0 bridgehead atoms. The van der Waals surface area contributed by atoms with Gasteiger partial charge >= 0.3 is 0 Å². The van der Waals surface area contributed by atoms with E-state index in [9.17, 15) is 4.79 Å². The molecule has 0 fully saturated rings. The van der Waals surface area contributed by atoms with Gasteiger partial charge in [0.2, 0.25) is 5.91 Å². The number of benzene rings is 1. The monoisotopic (exact) mass is 283 g/mol. The quantitative estimate of drug-likeness (QED) is 0.893. The number of rotatable bonds is 2. The molecule has 1 aromatic rings. The Labute approximate surface area is 121 Å². The predicted molar refractivity (Wildman–Crippen MR) is 80.9 cm³/mol. The second kappa shape index (κ2) is 6.78. The third kappa shape index (κ3) is 3.39. The number of fused-ring (bicyclic) bond motifs is 1. The van der Waals surface area contributed by atoms with Gasteiger partial charge in [0.25, 0.3) is 0 Å². The molecule has 0 saturated heterocycles. The maximum absolute atomic E-state index is 12.1. The Balaban J connectivity index is 0.00000180. The molecule has 1 aromatic carbocycles. The van der Waals surface area contributed by atoms with Crippen molar-refractivity contribution in [2.45, 2.75) is 19.5 Å². The minimum absolute atomic E-state index is 0. The van der Waals surface area contributed by atoms with Gasteiger partial charge in [-0.2, -0.15) is 0 Å². The predicted octanol–water partition coefficient (Wildman–Crippen LogP) is 1.49. The Morgan fingerprint density at radius 3 is 2.74 bits per heavy atom. The molecular formula is C14H22ClN3O. The number of carbonyl (C=O) groups is 1. The molecule has 1 amide bonds. The summed E-state index contributed by atoms with van der Waals surface area (Å²) in [6, 6.07) is 8.17. The van der Waals surface area contributed by atoms with Crippen LogP contribution in [0.25, 0.3) is 0 Å². The molecule has 1 heterocycles. The van der Waals surface area contributed by atoms with Crippen LogP contribution in [0.3, 0.4) is 0 Å². The molecule has 5 heteroatoms. The number of amides is 1. The second-order valence-electron chi connectivity index (χ2n) is 4.91. The first-order valence-corrected chi connectivity index (χ1v) is 6.37. The Bertz CT molecular complexity index is 436. The Morgan fingerprint density at radius 2 is 2.05 bits per heavy atom. The summed E-state index contributed by atoms with van der Waals surface area (Å²) in [4.78, 5) is 16.0. The molecule has 0 aromatic heterocycles. The first-order chi connectivity index (χ1) is 8.61. The molecule has 19 heavy (non-hydrogen) atoms. The largest absolute Gasteiger partial charge is 0.358 e. The zero-order valence-corrected chi connectivity index (χ0v) is 12.5. The number of hydrogen-bond donors (Lipinski definition) is 1. The van der Waals surface area contributed by atoms with Crippen LogP contribution in [0.15, 0.2) is 24.3 Å². The highest BCUT2D eigenvalue weighted by atomic mass is 35.5. The number of para-hydroxylation sites is 1. The van der Waals surface area contributed by atoms with E-state index in [0.717, 1.165) is 19.6 Å². The van der Waals surface area contributed by atoms with Gasteiger partial charge in [-0.05, 0) is 18.6 Å². The number of hydrogen-bond acceptors (Lipinski definition) is 3. The van der Waals surface area contributed by atoms with Crippen LogP contribution in [0.1, 0.15) is 12.5 Å². The average Bonchev–Trinajstić information content (AvgIpc) is 2.59. The van der Waals surface area contributed by atoms with Gasteiger partial charge in [-0.3, -0.25) is 4.79 Å². The number of nitrogens with one attached hydrogen (secondary N) is 1. The smallest absolute Gasteiger partial charge is 0.244 e. The third-order valence-electron chi connectivity index (χ3n) is 3.41. The van der Waals surface area contributed by atoms with Gasteiger partial charge in [0.05, 0.1) is 0 Å². The summed E-state index contributed by atoms with van der Waals surface area (Å²) in [5.41, 5.74) is 2.43. The summed E-state index contributed by atoms with van der Waals surface area (Å²) in [6.45, 7) is 4.61. The standard InChI is InChI=1S/C14H21N3O.ClH/c1-11(14(18)16(2)3)17-9-8-15-10-12-6-4-5-7-13(12)17;/h4-7,11,15H,8-10H2,1-3H3;1H. The lowest BCUT2D eigenvalue weighted by Crippen LogP contribution is -2.46. The fourth-order valence-corrected chi connectivity index (χ4v) is 2.39. The third-order valence-corrected chi connectivity index (χ3v) is 3.41. The van der Waals surface area contributed by atoms with Crippen LogP contribution < -0.4 is 10.2 Å². The highest BCUT2D eigenvalue weighted by Crippen LogP contribution is 2.24. The molecule has 4 nitrogen and oxygen atoms in total. The lowest BCUT2D eigenvalue weighted by atomic mass is 10.1. The summed E-state index contributed by atoms with van der Waals surface area (Å²) in [5.74, 6) is 0.145. The summed E-state index contributed by atoms with van der Waals surface area (Å²) in [5, 5.41) is 3.39. The van der Waals surface area contributed by atoms with Gasteiger partial charge in [-0.15, -0.1) is 12.4 Å². The molecule has 0 radical (unpaired) electrons. The van der Waals surface area contributed by atoms with Gasteiger partial charge in [0, 0.05) is 39.4 Å². The van der Waals surface area contributed by atoms with Crippen molar-refractivity contribution < 1.29 is 4.79 Å². The summed E-state index contributed by atoms with van der Waals surface area (Å²) >= 11 is 0. The molecule has 1 aliphatic rings. The van der Waals surface area contributed by atoms with E-state index in [1.54, 1.807) is 19.0 Å². The topological polar surface area (TPSA) is 35.6 Å². The SMILES string of the molecule is CC(C(=O)N(C)C)N1CCNCc2ccccc21.Cl. The van der Waals surface area contributed by atoms with E-state index in [1.807, 2.05) is 19.1 Å². The van der Waals surface area contributed by atoms with Gasteiger partial charge in [0.15, 0.2) is 0 Å². The molecule has 1 atom stereocenters. The Kier molecular flexibility index (Phi) is 5.63. The molecule has 1 unspecified atom stereocenters. The van der Waals surface area contributed by atoms with E-state index < -0.39 is 0 Å². The fourth-order valence-electron chi connectivity index (χ4n) is 2.39. The van der Waals surface area contributed by atoms with E-state index in [2.05, 4.69) is 22.3 Å². The highest BCUT2D eigenvalue weighted by Gasteiger charge is 2.25. The molecule has 0 aliphatic carbocycles. The second-order valence-corrected chi connectivity index (χ2v) is 4.91. The van der Waals surface area contributed by atoms with Crippen molar-refractivity contribution >= 4 is 24.0 Å². The maximum Gasteiger partial charge on any atom is 0.244 e. The minimum atomic E-state index is -0.124. The first kappa shape index (κ1) is 15.8. The van der Waals surface area contributed by atoms with Crippen molar-refractivity contribution in [3.05, 3.63) is 29.8 Å². The van der Waals surface area contributed by atoms with Crippen molar-refractivity contribution in [3.63, 3.8) is 0 Å². The van der Waals surface area contributed by atoms with Crippen molar-refractivity contribution in [3.8, 4) is 0 Å². The number of carbonyl (C=O) groups excluding carboxylic acids is 1. The molecule has 0 saturated carbocycles. The number of nitrogens with zero attached hydrogens (tertiary/aromatic N) is 2. The van der Waals surface area contributed by atoms with Gasteiger partial charge in [-0.25, -0.2) is 0 Å². The Morgan fingerprint density at radius 1 is 1.37 bits per heavy atom. The van der Waals surface area contributed by atoms with Crippen LogP contribution in [-0.4, -0.2) is 44.0 Å². The molecule has 1 N–H and O–H groups in total. The average molecular weight is 284 g/mol. The van der Waals surface area contributed by atoms with E-state index in [1.165, 1.54) is 11.3 Å². The van der Waals surface area contributed by atoms with E-state index in [4.69, 9.17) is 0 Å². The lowest BCUT2D eigenvalue weighted by molar-refractivity contribution is -0.129. The van der Waals surface area contributed by atoms with Crippen molar-refractivity contribution in [2.24, 2.45) is 0 Å². The van der Waals surface area contributed by atoms with Crippen LogP contribution in [0, 0.1) is 0 Å². The molecule has 0 spiro atoms. The lowest BCUT2D eigenvalue weighted by Gasteiger charge is -2.31. The van der Waals surface area contributed by atoms with Crippen LogP contribution >= 0.6 is 12.4 Å². The summed E-state index contributed by atoms with van der Waals surface area (Å²) < 4.78 is 0. The Hall–Kier alpha value is -1.26. The minimum Gasteiger partial charge on any atom is -0.358 e. The highest BCUT2D eigenvalue weighted by molar-refractivity contribution is 5.85. The number of halogens is 1. The van der Waals surface area contributed by atoms with Crippen molar-refractivity contribution in [2.75, 3.05) is 32.1 Å². The van der Waals surface area contributed by atoms with Crippen molar-refractivity contribution in [1.29, 1.82) is 0 Å². The first-order valence-electron chi connectivity index (χ1n) is 6.37. The number of anilines is 1. The van der Waals surface area contributed by atoms with Crippen LogP contribution in [0.5, 0.6) is 0 Å². The summed E-state index contributed by atoms with van der Waals surface area (Å²) in [7, 11) is 3.61. The van der Waals surface area contributed by atoms with Crippen molar-refractivity contribution in [1.82, 2.24) is 10.2 Å². The number of likely N-dealkylation sites (N-methyl/N-ethyl adjacent to an activating group) is 1. The fraction of sp³-hybridized carbons (Fsp3) is 0.500. The molecular weight excluding hydrogens is 262 g/mol. The molecule has 106 valence electrons. The normalized spacial score (nSPS) is 15.8. The zero-order chi connectivity index (χ0) is 13.1. The van der Waals surface area contributed by atoms with Crippen LogP contribution in [0.2, 0.25) is 0 Å². The molecule has 2 rings (SSSR count). The zero-order valence-electron chi connectivity index (χ0n) is 11.7. The summed E-state index contributed by atoms with van der Waals surface area (Å²) in [6.07, 6.45) is 0. The van der Waals surface area contributed by atoms with Crippen LogP contribution in [0.4, 0.5) is 5.69 Å². The van der Waals surface area contributed by atoms with Crippen LogP contribution in [-0.2, 0) is 11.3 Å².